The van der Waals surface area contributed by atoms with Crippen molar-refractivity contribution in [2.75, 3.05) is 31.6 Å². The van der Waals surface area contributed by atoms with Crippen molar-refractivity contribution in [3.05, 3.63) is 42.0 Å². The molecule has 0 aliphatic carbocycles. The van der Waals surface area contributed by atoms with E-state index >= 15 is 0 Å². The van der Waals surface area contributed by atoms with Gasteiger partial charge in [-0.05, 0) is 75.4 Å². The Hall–Kier alpha value is -3.26. The predicted molar refractivity (Wildman–Crippen MR) is 147 cm³/mol. The Bertz CT molecular complexity index is 1040. The average Bonchev–Trinajstić information content (AvgIpc) is 2.84. The largest absolute Gasteiger partial charge is 0.508 e. The molecule has 0 radical (unpaired) electrons. The van der Waals surface area contributed by atoms with E-state index < -0.39 is 5.60 Å². The number of benzene rings is 2. The molecule has 0 spiro atoms. The molecule has 1 amide bonds. The standard InChI is InChI=1S/C27H35N3O5.C2H6/c1-27(2,3)35-26(32)30-15-18(16-30)17-34-24-13-20(19-7-9-21(31)10-8-19)12-23(22(24)14-28)29-25-6-4-5-11-33-25;1-2/h7-10,12-14,18,25,28-29,31H,4-6,11,15-17H2,1-3H3;1-2H3. The topological polar surface area (TPSA) is 104 Å². The summed E-state index contributed by atoms with van der Waals surface area (Å²) in [6, 6.07) is 10.9. The number of hydrogen-bond acceptors (Lipinski definition) is 7. The van der Waals surface area contributed by atoms with Crippen LogP contribution in [0.2, 0.25) is 0 Å². The minimum atomic E-state index is -0.516. The molecule has 37 heavy (non-hydrogen) atoms. The maximum Gasteiger partial charge on any atom is 0.410 e. The van der Waals surface area contributed by atoms with E-state index in [0.29, 0.717) is 37.6 Å². The second kappa shape index (κ2) is 12.8. The summed E-state index contributed by atoms with van der Waals surface area (Å²) in [4.78, 5) is 13.9. The Morgan fingerprint density at radius 3 is 2.46 bits per heavy atom. The Kier molecular flexibility index (Phi) is 9.80. The van der Waals surface area contributed by atoms with Crippen LogP contribution in [0.15, 0.2) is 36.4 Å². The molecular formula is C29H41N3O5. The zero-order chi connectivity index (χ0) is 27.0. The van der Waals surface area contributed by atoms with Crippen LogP contribution in [0.5, 0.6) is 11.5 Å². The van der Waals surface area contributed by atoms with Gasteiger partial charge < -0.3 is 34.9 Å². The number of carbonyl (C=O) groups is 1. The van der Waals surface area contributed by atoms with Crippen molar-refractivity contribution in [3.8, 4) is 22.6 Å². The van der Waals surface area contributed by atoms with E-state index in [1.165, 1.54) is 6.21 Å². The van der Waals surface area contributed by atoms with Gasteiger partial charge in [0.1, 0.15) is 23.3 Å². The molecular weight excluding hydrogens is 470 g/mol. The van der Waals surface area contributed by atoms with E-state index in [-0.39, 0.29) is 24.0 Å². The van der Waals surface area contributed by atoms with Gasteiger partial charge in [-0.1, -0.05) is 26.0 Å². The summed E-state index contributed by atoms with van der Waals surface area (Å²) >= 11 is 0. The van der Waals surface area contributed by atoms with Crippen LogP contribution in [0.3, 0.4) is 0 Å². The second-order valence-corrected chi connectivity index (χ2v) is 10.2. The number of amides is 1. The third-order valence-corrected chi connectivity index (χ3v) is 6.07. The summed E-state index contributed by atoms with van der Waals surface area (Å²) in [5, 5.41) is 21.2. The second-order valence-electron chi connectivity index (χ2n) is 10.2. The molecule has 2 aromatic rings. The number of rotatable bonds is 7. The van der Waals surface area contributed by atoms with Crippen LogP contribution >= 0.6 is 0 Å². The first-order chi connectivity index (χ1) is 17.7. The molecule has 202 valence electrons. The summed E-state index contributed by atoms with van der Waals surface area (Å²) in [6.45, 7) is 11.9. The Morgan fingerprint density at radius 2 is 1.86 bits per heavy atom. The number of ether oxygens (including phenoxy) is 3. The highest BCUT2D eigenvalue weighted by molar-refractivity contribution is 5.92. The summed E-state index contributed by atoms with van der Waals surface area (Å²) in [6.07, 6.45) is 3.93. The van der Waals surface area contributed by atoms with Gasteiger partial charge in [0.05, 0.1) is 12.2 Å². The van der Waals surface area contributed by atoms with Gasteiger partial charge >= 0.3 is 6.09 Å². The number of nitrogens with one attached hydrogen (secondary N) is 2. The number of carbonyl (C=O) groups excluding carboxylic acids is 1. The normalized spacial score (nSPS) is 17.6. The summed E-state index contributed by atoms with van der Waals surface area (Å²) in [7, 11) is 0. The van der Waals surface area contributed by atoms with E-state index in [1.807, 2.05) is 58.9 Å². The lowest BCUT2D eigenvalue weighted by atomic mass is 10.00. The number of nitrogens with zero attached hydrogens (tertiary/aromatic N) is 1. The van der Waals surface area contributed by atoms with E-state index in [2.05, 4.69) is 5.32 Å². The molecule has 2 aliphatic rings. The highest BCUT2D eigenvalue weighted by Crippen LogP contribution is 2.35. The molecule has 2 aromatic carbocycles. The summed E-state index contributed by atoms with van der Waals surface area (Å²) in [5.41, 5.74) is 2.75. The molecule has 8 heteroatoms. The number of phenolic OH excluding ortho intramolecular Hbond substituents is 1. The van der Waals surface area contributed by atoms with Gasteiger partial charge in [0.15, 0.2) is 0 Å². The maximum atomic E-state index is 12.2. The molecule has 0 aromatic heterocycles. The van der Waals surface area contributed by atoms with Crippen molar-refractivity contribution >= 4 is 18.0 Å². The van der Waals surface area contributed by atoms with Crippen LogP contribution in [0.1, 0.15) is 59.4 Å². The first kappa shape index (κ1) is 28.3. The molecule has 3 N–H and O–H groups in total. The lowest BCUT2D eigenvalue weighted by molar-refractivity contribution is -0.00781. The maximum absolute atomic E-state index is 12.2. The molecule has 2 aliphatic heterocycles. The highest BCUT2D eigenvalue weighted by Gasteiger charge is 2.34. The predicted octanol–water partition coefficient (Wildman–Crippen LogP) is 6.27. The van der Waals surface area contributed by atoms with Gasteiger partial charge in [-0.2, -0.15) is 0 Å². The first-order valence-corrected chi connectivity index (χ1v) is 13.2. The summed E-state index contributed by atoms with van der Waals surface area (Å²) in [5.74, 6) is 0.992. The van der Waals surface area contributed by atoms with Crippen LogP contribution < -0.4 is 10.1 Å². The van der Waals surface area contributed by atoms with Gasteiger partial charge in [0.2, 0.25) is 0 Å². The zero-order valence-corrected chi connectivity index (χ0v) is 22.7. The summed E-state index contributed by atoms with van der Waals surface area (Å²) < 4.78 is 17.5. The third kappa shape index (κ3) is 7.86. The molecule has 1 atom stereocenters. The lowest BCUT2D eigenvalue weighted by Gasteiger charge is -2.39. The minimum Gasteiger partial charge on any atom is -0.508 e. The Labute approximate surface area is 220 Å². The number of anilines is 1. The molecule has 2 fully saturated rings. The molecule has 2 saturated heterocycles. The minimum absolute atomic E-state index is 0.112. The monoisotopic (exact) mass is 511 g/mol. The van der Waals surface area contributed by atoms with Gasteiger partial charge in [-0.3, -0.25) is 0 Å². The van der Waals surface area contributed by atoms with Crippen molar-refractivity contribution in [1.82, 2.24) is 4.90 Å². The van der Waals surface area contributed by atoms with Crippen molar-refractivity contribution in [1.29, 1.82) is 5.41 Å². The fraction of sp³-hybridized carbons (Fsp3) is 0.517. The first-order valence-electron chi connectivity index (χ1n) is 13.2. The van der Waals surface area contributed by atoms with E-state index in [1.54, 1.807) is 17.0 Å². The quantitative estimate of drug-likeness (QED) is 0.379. The number of hydrogen-bond donors (Lipinski definition) is 3. The van der Waals surface area contributed by atoms with Crippen LogP contribution in [-0.4, -0.2) is 60.4 Å². The molecule has 4 rings (SSSR count). The van der Waals surface area contributed by atoms with Gasteiger partial charge in [0.25, 0.3) is 0 Å². The number of phenols is 1. The molecule has 0 bridgehead atoms. The van der Waals surface area contributed by atoms with Gasteiger partial charge in [-0.25, -0.2) is 4.79 Å². The fourth-order valence-electron chi connectivity index (χ4n) is 4.22. The van der Waals surface area contributed by atoms with Crippen LogP contribution in [0.25, 0.3) is 11.1 Å². The average molecular weight is 512 g/mol. The Morgan fingerprint density at radius 1 is 1.16 bits per heavy atom. The number of likely N-dealkylation sites (tertiary alicyclic amines) is 1. The van der Waals surface area contributed by atoms with Gasteiger partial charge in [0, 0.05) is 37.5 Å². The van der Waals surface area contributed by atoms with E-state index in [0.717, 1.165) is 36.1 Å². The fourth-order valence-corrected chi connectivity index (χ4v) is 4.22. The Balaban J connectivity index is 0.00000186. The van der Waals surface area contributed by atoms with E-state index in [4.69, 9.17) is 19.6 Å². The smallest absolute Gasteiger partial charge is 0.410 e. The molecule has 2 heterocycles. The molecule has 0 saturated carbocycles. The highest BCUT2D eigenvalue weighted by atomic mass is 16.6. The van der Waals surface area contributed by atoms with Crippen molar-refractivity contribution < 1.29 is 24.1 Å². The third-order valence-electron chi connectivity index (χ3n) is 6.07. The van der Waals surface area contributed by atoms with E-state index in [9.17, 15) is 9.90 Å². The van der Waals surface area contributed by atoms with Crippen LogP contribution in [0.4, 0.5) is 10.5 Å². The van der Waals surface area contributed by atoms with Crippen molar-refractivity contribution in [3.63, 3.8) is 0 Å². The van der Waals surface area contributed by atoms with Crippen molar-refractivity contribution in [2.45, 2.75) is 65.7 Å². The van der Waals surface area contributed by atoms with Crippen LogP contribution in [0, 0.1) is 11.3 Å². The van der Waals surface area contributed by atoms with Crippen LogP contribution in [-0.2, 0) is 9.47 Å². The van der Waals surface area contributed by atoms with Crippen molar-refractivity contribution in [2.24, 2.45) is 5.92 Å². The zero-order valence-electron chi connectivity index (χ0n) is 22.7. The molecule has 8 nitrogen and oxygen atoms in total. The lowest BCUT2D eigenvalue weighted by Crippen LogP contribution is -2.53. The number of aromatic hydroxyl groups is 1. The molecule has 1 unspecified atom stereocenters. The van der Waals surface area contributed by atoms with Gasteiger partial charge in [-0.15, -0.1) is 0 Å². The SMILES string of the molecule is CC.CC(C)(C)OC(=O)N1CC(COc2cc(-c3ccc(O)cc3)cc(NC3CCCCO3)c2C=N)C1.